The van der Waals surface area contributed by atoms with Gasteiger partial charge in [-0.05, 0) is 13.8 Å². The van der Waals surface area contributed by atoms with E-state index < -0.39 is 0 Å². The number of thioether (sulfide) groups is 1. The molecule has 3 atom stereocenters. The molecule has 0 aromatic rings. The molecule has 2 aliphatic rings. The molecule has 2 amide bonds. The molecule has 0 aromatic heterocycles. The molecular weight excluding hydrogens is 252 g/mol. The van der Waals surface area contributed by atoms with Crippen LogP contribution in [-0.4, -0.2) is 40.7 Å². The molecule has 18 heavy (non-hydrogen) atoms. The number of carbonyl (C=O) groups excluding carboxylic acids is 3. The summed E-state index contributed by atoms with van der Waals surface area (Å²) in [6.07, 6.45) is 0.796. The van der Waals surface area contributed by atoms with Gasteiger partial charge in [0.1, 0.15) is 11.6 Å². The Kier molecular flexibility index (Phi) is 5.65. The quantitative estimate of drug-likeness (QED) is 0.768. The van der Waals surface area contributed by atoms with E-state index in [4.69, 9.17) is 0 Å². The van der Waals surface area contributed by atoms with Crippen molar-refractivity contribution in [2.45, 2.75) is 50.9 Å². The van der Waals surface area contributed by atoms with Crippen molar-refractivity contribution in [2.24, 2.45) is 0 Å². The lowest BCUT2D eigenvalue weighted by Crippen LogP contribution is -2.35. The molecule has 2 aliphatic heterocycles. The highest BCUT2D eigenvalue weighted by molar-refractivity contribution is 8.00. The number of fused-ring (bicyclic) bond motifs is 1. The highest BCUT2D eigenvalue weighted by Gasteiger charge is 2.40. The van der Waals surface area contributed by atoms with Crippen molar-refractivity contribution < 1.29 is 17.2 Å². The Hall–Kier alpha value is -1.04. The van der Waals surface area contributed by atoms with Gasteiger partial charge in [-0.2, -0.15) is 11.8 Å². The van der Waals surface area contributed by atoms with E-state index in [2.05, 4.69) is 17.6 Å². The van der Waals surface area contributed by atoms with Crippen LogP contribution in [0.25, 0.3) is 0 Å². The van der Waals surface area contributed by atoms with Crippen LogP contribution in [0.1, 0.15) is 36.5 Å². The van der Waals surface area contributed by atoms with E-state index in [0.717, 1.165) is 5.75 Å². The topological polar surface area (TPSA) is 75.3 Å². The summed E-state index contributed by atoms with van der Waals surface area (Å²) in [5.41, 5.74) is 0. The number of rotatable bonds is 3. The molecule has 0 saturated carbocycles. The van der Waals surface area contributed by atoms with Crippen molar-refractivity contribution in [3.63, 3.8) is 0 Å². The van der Waals surface area contributed by atoms with Crippen LogP contribution >= 0.6 is 11.8 Å². The first-order valence-electron chi connectivity index (χ1n) is 6.07. The van der Waals surface area contributed by atoms with Gasteiger partial charge in [-0.15, -0.1) is 0 Å². The second kappa shape index (κ2) is 6.78. The Morgan fingerprint density at radius 1 is 1.28 bits per heavy atom. The molecule has 3 unspecified atom stereocenters. The van der Waals surface area contributed by atoms with Crippen LogP contribution in [0.5, 0.6) is 0 Å². The Labute approximate surface area is 114 Å². The fourth-order valence-corrected chi connectivity index (χ4v) is 3.12. The number of hydrogen-bond donors (Lipinski definition) is 2. The van der Waals surface area contributed by atoms with Crippen LogP contribution in [0.3, 0.4) is 0 Å². The standard InChI is InChI=1S/C6H10N2OS.C6H10O2.2H2/c1-3-5-4(2-10-3)7-6(9)8-5;1-5(7)3-4-6(2)8;;/h3-5H,2H2,1H3,(H2,7,8,9);3-4H2,1-2H3;2*1H. The lowest BCUT2D eigenvalue weighted by Gasteiger charge is -2.09. The van der Waals surface area contributed by atoms with Gasteiger partial charge in [0.15, 0.2) is 0 Å². The maximum absolute atomic E-state index is 10.8. The largest absolute Gasteiger partial charge is 0.332 e. The lowest BCUT2D eigenvalue weighted by molar-refractivity contribution is -0.122. The molecule has 0 aromatic carbocycles. The van der Waals surface area contributed by atoms with Crippen molar-refractivity contribution in [3.05, 3.63) is 0 Å². The van der Waals surface area contributed by atoms with Gasteiger partial charge in [-0.25, -0.2) is 4.79 Å². The van der Waals surface area contributed by atoms with E-state index in [1.807, 2.05) is 11.8 Å². The minimum absolute atomic E-state index is 0. The van der Waals surface area contributed by atoms with Crippen molar-refractivity contribution in [1.82, 2.24) is 10.6 Å². The van der Waals surface area contributed by atoms with Crippen LogP contribution in [-0.2, 0) is 9.59 Å². The van der Waals surface area contributed by atoms with Crippen LogP contribution in [0, 0.1) is 0 Å². The third-order valence-electron chi connectivity index (χ3n) is 2.92. The van der Waals surface area contributed by atoms with Gasteiger partial charge < -0.3 is 20.2 Å². The van der Waals surface area contributed by atoms with Crippen LogP contribution in [0.4, 0.5) is 4.79 Å². The van der Waals surface area contributed by atoms with Crippen molar-refractivity contribution in [3.8, 4) is 0 Å². The SMILES string of the molecule is CC(=O)CCC(C)=O.CC1SCC2NC(=O)NC21.[HH].[HH]. The van der Waals surface area contributed by atoms with Gasteiger partial charge in [-0.1, -0.05) is 6.92 Å². The number of Topliss-reactive ketones (excluding diaryl/α,β-unsaturated/α-hetero) is 2. The molecule has 2 N–H and O–H groups in total. The summed E-state index contributed by atoms with van der Waals surface area (Å²) in [5, 5.41) is 6.34. The van der Waals surface area contributed by atoms with E-state index in [1.165, 1.54) is 13.8 Å². The average Bonchev–Trinajstić information content (AvgIpc) is 2.79. The number of nitrogens with one attached hydrogen (secondary N) is 2. The van der Waals surface area contributed by atoms with Crippen LogP contribution < -0.4 is 10.6 Å². The van der Waals surface area contributed by atoms with E-state index >= 15 is 0 Å². The smallest absolute Gasteiger partial charge is 0.315 e. The molecule has 2 heterocycles. The van der Waals surface area contributed by atoms with Crippen molar-refractivity contribution in [2.75, 3.05) is 5.75 Å². The highest BCUT2D eigenvalue weighted by atomic mass is 32.2. The molecule has 0 bridgehead atoms. The van der Waals surface area contributed by atoms with Crippen molar-refractivity contribution in [1.29, 1.82) is 0 Å². The third kappa shape index (κ3) is 4.68. The monoisotopic (exact) mass is 276 g/mol. The second-order valence-corrected chi connectivity index (χ2v) is 6.10. The third-order valence-corrected chi connectivity index (χ3v) is 4.29. The number of urea groups is 1. The molecule has 6 heteroatoms. The maximum atomic E-state index is 10.8. The summed E-state index contributed by atoms with van der Waals surface area (Å²) in [6.45, 7) is 5.13. The number of carbonyl (C=O) groups is 3. The molecule has 2 fully saturated rings. The molecule has 2 rings (SSSR count). The Morgan fingerprint density at radius 3 is 2.28 bits per heavy atom. The number of ketones is 2. The first-order chi connectivity index (χ1) is 8.40. The van der Waals surface area contributed by atoms with Crippen LogP contribution in [0.15, 0.2) is 0 Å². The van der Waals surface area contributed by atoms with E-state index in [-0.39, 0.29) is 20.5 Å². The molecule has 0 spiro atoms. The molecule has 5 nitrogen and oxygen atoms in total. The zero-order valence-electron chi connectivity index (χ0n) is 11.0. The minimum Gasteiger partial charge on any atom is -0.332 e. The Balaban J connectivity index is 0. The Morgan fingerprint density at radius 2 is 1.83 bits per heavy atom. The maximum Gasteiger partial charge on any atom is 0.315 e. The number of hydrogen-bond acceptors (Lipinski definition) is 4. The minimum atomic E-state index is 0. The summed E-state index contributed by atoms with van der Waals surface area (Å²) < 4.78 is 0. The van der Waals surface area contributed by atoms with Gasteiger partial charge >= 0.3 is 6.03 Å². The molecular formula is C12H24N2O3S. The normalized spacial score (nSPS) is 28.6. The molecule has 0 aliphatic carbocycles. The van der Waals surface area contributed by atoms with E-state index in [1.54, 1.807) is 0 Å². The molecule has 106 valence electrons. The first kappa shape index (κ1) is 15.0. The zero-order chi connectivity index (χ0) is 13.7. The summed E-state index contributed by atoms with van der Waals surface area (Å²) in [5.74, 6) is 1.23. The van der Waals surface area contributed by atoms with Gasteiger partial charge in [0.25, 0.3) is 0 Å². The summed E-state index contributed by atoms with van der Waals surface area (Å²) in [7, 11) is 0. The summed E-state index contributed by atoms with van der Waals surface area (Å²) >= 11 is 1.91. The van der Waals surface area contributed by atoms with E-state index in [0.29, 0.717) is 30.2 Å². The van der Waals surface area contributed by atoms with Gasteiger partial charge in [-0.3, -0.25) is 0 Å². The fraction of sp³-hybridized carbons (Fsp3) is 0.750. The Bertz CT molecular complexity index is 342. The summed E-state index contributed by atoms with van der Waals surface area (Å²) in [6, 6.07) is 0.757. The highest BCUT2D eigenvalue weighted by Crippen LogP contribution is 2.28. The predicted molar refractivity (Wildman–Crippen MR) is 76.0 cm³/mol. The van der Waals surface area contributed by atoms with Gasteiger partial charge in [0.2, 0.25) is 0 Å². The van der Waals surface area contributed by atoms with Gasteiger partial charge in [0.05, 0.1) is 12.1 Å². The van der Waals surface area contributed by atoms with Crippen LogP contribution in [0.2, 0.25) is 0 Å². The predicted octanol–water partition coefficient (Wildman–Crippen LogP) is 1.61. The fourth-order valence-electron chi connectivity index (χ4n) is 1.85. The zero-order valence-corrected chi connectivity index (χ0v) is 11.8. The lowest BCUT2D eigenvalue weighted by atomic mass is 10.1. The molecule has 2 saturated heterocycles. The van der Waals surface area contributed by atoms with Crippen molar-refractivity contribution >= 4 is 29.4 Å². The average molecular weight is 276 g/mol. The second-order valence-electron chi connectivity index (χ2n) is 4.69. The number of amides is 2. The summed E-state index contributed by atoms with van der Waals surface area (Å²) in [4.78, 5) is 31.2. The molecule has 0 radical (unpaired) electrons. The first-order valence-corrected chi connectivity index (χ1v) is 7.12. The van der Waals surface area contributed by atoms with Gasteiger partial charge in [0, 0.05) is 26.7 Å². The van der Waals surface area contributed by atoms with E-state index in [9.17, 15) is 14.4 Å².